The maximum atomic E-state index is 13.2. The molecule has 0 spiro atoms. The van der Waals surface area contributed by atoms with Gasteiger partial charge in [0.1, 0.15) is 12.9 Å². The molecule has 2 aliphatic rings. The predicted molar refractivity (Wildman–Crippen MR) is 81.9 cm³/mol. The van der Waals surface area contributed by atoms with Crippen molar-refractivity contribution in [1.82, 2.24) is 5.32 Å². The molecule has 0 radical (unpaired) electrons. The van der Waals surface area contributed by atoms with Gasteiger partial charge in [-0.3, -0.25) is 0 Å². The van der Waals surface area contributed by atoms with Gasteiger partial charge in [0.25, 0.3) is 0 Å². The molecule has 4 heteroatoms. The Bertz CT molecular complexity index is 514. The van der Waals surface area contributed by atoms with Gasteiger partial charge in [-0.2, -0.15) is 0 Å². The first-order valence-corrected chi connectivity index (χ1v) is 7.84. The van der Waals surface area contributed by atoms with E-state index in [1.54, 1.807) is 19.2 Å². The second-order valence-electron chi connectivity index (χ2n) is 6.09. The number of nitrogens with zero attached hydrogens (tertiary/aromatic N) is 1. The third-order valence-electron chi connectivity index (χ3n) is 4.94. The molecule has 1 aromatic carbocycles. The monoisotopic (exact) mass is 290 g/mol. The molecular weight excluding hydrogens is 267 g/mol. The van der Waals surface area contributed by atoms with Crippen molar-refractivity contribution in [3.8, 4) is 0 Å². The minimum Gasteiger partial charge on any atom is -0.399 e. The van der Waals surface area contributed by atoms with Crippen LogP contribution in [0.3, 0.4) is 0 Å². The van der Waals surface area contributed by atoms with Crippen LogP contribution in [0.15, 0.2) is 29.4 Å². The Balaban J connectivity index is 1.95. The molecule has 0 amide bonds. The van der Waals surface area contributed by atoms with Gasteiger partial charge in [-0.1, -0.05) is 24.2 Å². The Morgan fingerprint density at radius 2 is 2.10 bits per heavy atom. The van der Waals surface area contributed by atoms with Crippen LogP contribution in [0.5, 0.6) is 0 Å². The molecule has 2 fully saturated rings. The zero-order valence-electron chi connectivity index (χ0n) is 12.7. The molecule has 3 rings (SSSR count). The van der Waals surface area contributed by atoms with Gasteiger partial charge in [-0.25, -0.2) is 4.39 Å². The van der Waals surface area contributed by atoms with Crippen LogP contribution in [0.25, 0.3) is 0 Å². The fourth-order valence-corrected chi connectivity index (χ4v) is 4.05. The summed E-state index contributed by atoms with van der Waals surface area (Å²) in [5.41, 5.74) is 2.33. The SMILES string of the molecule is CCC(=NOC)[C@H]1[C@@H](c2ccc(F)cc2)CC2CC[C@H]1N2. The van der Waals surface area contributed by atoms with Gasteiger partial charge in [0, 0.05) is 18.0 Å². The van der Waals surface area contributed by atoms with Crippen LogP contribution in [-0.4, -0.2) is 24.9 Å². The lowest BCUT2D eigenvalue weighted by Gasteiger charge is -2.38. The van der Waals surface area contributed by atoms with E-state index < -0.39 is 0 Å². The molecule has 114 valence electrons. The number of benzene rings is 1. The van der Waals surface area contributed by atoms with E-state index in [2.05, 4.69) is 17.4 Å². The zero-order chi connectivity index (χ0) is 14.8. The molecule has 4 atom stereocenters. The number of nitrogens with one attached hydrogen (secondary N) is 1. The summed E-state index contributed by atoms with van der Waals surface area (Å²) >= 11 is 0. The molecule has 0 aromatic heterocycles. The van der Waals surface area contributed by atoms with Crippen LogP contribution < -0.4 is 5.32 Å². The van der Waals surface area contributed by atoms with E-state index in [1.807, 2.05) is 12.1 Å². The number of hydrogen-bond donors (Lipinski definition) is 1. The largest absolute Gasteiger partial charge is 0.399 e. The molecule has 1 unspecified atom stereocenters. The van der Waals surface area contributed by atoms with E-state index in [-0.39, 0.29) is 5.82 Å². The van der Waals surface area contributed by atoms with Gasteiger partial charge in [-0.05, 0) is 49.3 Å². The molecule has 2 heterocycles. The molecule has 2 bridgehead atoms. The maximum Gasteiger partial charge on any atom is 0.123 e. The van der Waals surface area contributed by atoms with Gasteiger partial charge < -0.3 is 10.2 Å². The van der Waals surface area contributed by atoms with Crippen LogP contribution in [0.2, 0.25) is 0 Å². The Morgan fingerprint density at radius 3 is 2.76 bits per heavy atom. The standard InChI is InChI=1S/C17H23FN2O/c1-3-15(20-21-2)17-14(10-13-8-9-16(17)19-13)11-4-6-12(18)7-5-11/h4-7,13-14,16-17,19H,3,8-10H2,1-2H3/t13?,14-,16-,17-/m1/s1. The minimum atomic E-state index is -0.173. The van der Waals surface area contributed by atoms with Crippen LogP contribution in [0, 0.1) is 11.7 Å². The minimum absolute atomic E-state index is 0.173. The van der Waals surface area contributed by atoms with Gasteiger partial charge in [0.2, 0.25) is 0 Å². The number of fused-ring (bicyclic) bond motifs is 2. The summed E-state index contributed by atoms with van der Waals surface area (Å²) in [5.74, 6) is 0.575. The van der Waals surface area contributed by atoms with Crippen molar-refractivity contribution in [2.24, 2.45) is 11.1 Å². The van der Waals surface area contributed by atoms with Crippen molar-refractivity contribution < 1.29 is 9.23 Å². The third-order valence-corrected chi connectivity index (χ3v) is 4.94. The second kappa shape index (κ2) is 6.14. The summed E-state index contributed by atoms with van der Waals surface area (Å²) in [6.45, 7) is 2.13. The maximum absolute atomic E-state index is 13.2. The molecule has 2 aliphatic heterocycles. The number of rotatable bonds is 4. The van der Waals surface area contributed by atoms with Crippen molar-refractivity contribution in [3.63, 3.8) is 0 Å². The molecular formula is C17H23FN2O. The van der Waals surface area contributed by atoms with Crippen LogP contribution in [-0.2, 0) is 4.84 Å². The summed E-state index contributed by atoms with van der Waals surface area (Å²) in [5, 5.41) is 7.99. The molecule has 0 saturated carbocycles. The van der Waals surface area contributed by atoms with E-state index in [0.29, 0.717) is 23.9 Å². The molecule has 2 saturated heterocycles. The summed E-state index contributed by atoms with van der Waals surface area (Å²) < 4.78 is 13.2. The lowest BCUT2D eigenvalue weighted by Crippen LogP contribution is -2.47. The van der Waals surface area contributed by atoms with Gasteiger partial charge >= 0.3 is 0 Å². The number of hydrogen-bond acceptors (Lipinski definition) is 3. The third kappa shape index (κ3) is 2.82. The van der Waals surface area contributed by atoms with Gasteiger partial charge in [-0.15, -0.1) is 0 Å². The van der Waals surface area contributed by atoms with Crippen LogP contribution in [0.1, 0.15) is 44.1 Å². The average Bonchev–Trinajstić information content (AvgIpc) is 2.88. The van der Waals surface area contributed by atoms with Crippen LogP contribution in [0.4, 0.5) is 4.39 Å². The Morgan fingerprint density at radius 1 is 1.33 bits per heavy atom. The Labute approximate surface area is 125 Å². The van der Waals surface area contributed by atoms with Crippen LogP contribution >= 0.6 is 0 Å². The van der Waals surface area contributed by atoms with Gasteiger partial charge in [0.15, 0.2) is 0 Å². The topological polar surface area (TPSA) is 33.6 Å². The quantitative estimate of drug-likeness (QED) is 0.680. The van der Waals surface area contributed by atoms with Crippen molar-refractivity contribution in [3.05, 3.63) is 35.6 Å². The first-order chi connectivity index (χ1) is 10.2. The highest BCUT2D eigenvalue weighted by molar-refractivity contribution is 5.88. The molecule has 3 nitrogen and oxygen atoms in total. The van der Waals surface area contributed by atoms with E-state index in [1.165, 1.54) is 18.4 Å². The highest BCUT2D eigenvalue weighted by atomic mass is 19.1. The van der Waals surface area contributed by atoms with Crippen molar-refractivity contribution in [2.45, 2.75) is 50.6 Å². The lowest BCUT2D eigenvalue weighted by molar-refractivity contribution is 0.204. The summed E-state index contributed by atoms with van der Waals surface area (Å²) in [6, 6.07) is 8.04. The number of oxime groups is 1. The Kier molecular flexibility index (Phi) is 4.24. The first-order valence-electron chi connectivity index (χ1n) is 7.84. The highest BCUT2D eigenvalue weighted by Gasteiger charge is 2.44. The van der Waals surface area contributed by atoms with Crippen molar-refractivity contribution in [1.29, 1.82) is 0 Å². The first kappa shape index (κ1) is 14.5. The number of piperidine rings is 1. The fraction of sp³-hybridized carbons (Fsp3) is 0.588. The van der Waals surface area contributed by atoms with Gasteiger partial charge in [0.05, 0.1) is 5.71 Å². The summed E-state index contributed by atoms with van der Waals surface area (Å²) in [6.07, 6.45) is 4.40. The van der Waals surface area contributed by atoms with Crippen molar-refractivity contribution >= 4 is 5.71 Å². The molecule has 1 N–H and O–H groups in total. The van der Waals surface area contributed by atoms with Crippen molar-refractivity contribution in [2.75, 3.05) is 7.11 Å². The number of halogens is 1. The Hall–Kier alpha value is -1.42. The van der Waals surface area contributed by atoms with E-state index in [4.69, 9.17) is 4.84 Å². The normalized spacial score (nSPS) is 32.2. The zero-order valence-corrected chi connectivity index (χ0v) is 12.7. The second-order valence-corrected chi connectivity index (χ2v) is 6.09. The predicted octanol–water partition coefficient (Wildman–Crippen LogP) is 3.46. The lowest BCUT2D eigenvalue weighted by atomic mass is 9.74. The molecule has 1 aromatic rings. The highest BCUT2D eigenvalue weighted by Crippen LogP contribution is 2.43. The fourth-order valence-electron chi connectivity index (χ4n) is 4.05. The summed E-state index contributed by atoms with van der Waals surface area (Å²) in [7, 11) is 1.61. The molecule has 0 aliphatic carbocycles. The van der Waals surface area contributed by atoms with E-state index >= 15 is 0 Å². The average molecular weight is 290 g/mol. The summed E-state index contributed by atoms with van der Waals surface area (Å²) in [4.78, 5) is 5.06. The smallest absolute Gasteiger partial charge is 0.123 e. The van der Waals surface area contributed by atoms with E-state index in [9.17, 15) is 4.39 Å². The molecule has 21 heavy (non-hydrogen) atoms. The van der Waals surface area contributed by atoms with E-state index in [0.717, 1.165) is 18.6 Å².